The number of hydrogen-bond acceptors (Lipinski definition) is 4. The highest BCUT2D eigenvalue weighted by Gasteiger charge is 2.21. The molecule has 7 heteroatoms. The molecule has 0 saturated heterocycles. The summed E-state index contributed by atoms with van der Waals surface area (Å²) < 4.78 is 31.1. The maximum absolute atomic E-state index is 12.4. The van der Waals surface area contributed by atoms with Gasteiger partial charge in [-0.1, -0.05) is 18.2 Å². The summed E-state index contributed by atoms with van der Waals surface area (Å²) in [6.07, 6.45) is 5.94. The molecule has 2 aromatic rings. The van der Waals surface area contributed by atoms with Crippen LogP contribution in [-0.2, 0) is 14.8 Å². The zero-order valence-corrected chi connectivity index (χ0v) is 16.1. The van der Waals surface area contributed by atoms with Gasteiger partial charge in [0, 0.05) is 5.69 Å². The minimum atomic E-state index is -3.57. The van der Waals surface area contributed by atoms with Gasteiger partial charge < -0.3 is 10.1 Å². The van der Waals surface area contributed by atoms with Crippen LogP contribution in [0, 0.1) is 0 Å². The second-order valence-electron chi connectivity index (χ2n) is 6.70. The Morgan fingerprint density at radius 1 is 1.07 bits per heavy atom. The standard InChI is InChI=1S/C20H24N2O4S/c1-27(24,25)22(17-7-3-2-4-8-17)15-20(23)21-16-11-13-19(14-12-16)26-18-9-5-6-10-18/h2-4,7-8,11-14,18H,5-6,9-10,15H2,1H3,(H,21,23). The molecule has 27 heavy (non-hydrogen) atoms. The minimum absolute atomic E-state index is 0.277. The van der Waals surface area contributed by atoms with Crippen LogP contribution in [0.5, 0.6) is 5.75 Å². The van der Waals surface area contributed by atoms with Gasteiger partial charge >= 0.3 is 0 Å². The van der Waals surface area contributed by atoms with Crippen molar-refractivity contribution in [3.8, 4) is 5.75 Å². The maximum atomic E-state index is 12.4. The number of hydrogen-bond donors (Lipinski definition) is 1. The van der Waals surface area contributed by atoms with Crippen molar-refractivity contribution >= 4 is 27.3 Å². The Bertz CT molecular complexity index is 861. The first-order chi connectivity index (χ1) is 12.9. The number of benzene rings is 2. The lowest BCUT2D eigenvalue weighted by molar-refractivity contribution is -0.114. The third-order valence-electron chi connectivity index (χ3n) is 4.47. The van der Waals surface area contributed by atoms with E-state index in [4.69, 9.17) is 4.74 Å². The number of amides is 1. The summed E-state index contributed by atoms with van der Waals surface area (Å²) in [7, 11) is -3.57. The van der Waals surface area contributed by atoms with E-state index in [1.165, 1.54) is 12.8 Å². The monoisotopic (exact) mass is 388 g/mol. The van der Waals surface area contributed by atoms with E-state index in [1.54, 1.807) is 42.5 Å². The lowest BCUT2D eigenvalue weighted by Gasteiger charge is -2.21. The molecular weight excluding hydrogens is 364 g/mol. The quantitative estimate of drug-likeness (QED) is 0.789. The highest BCUT2D eigenvalue weighted by atomic mass is 32.2. The first kappa shape index (κ1) is 19.2. The highest BCUT2D eigenvalue weighted by Crippen LogP contribution is 2.25. The van der Waals surface area contributed by atoms with E-state index in [0.717, 1.165) is 29.2 Å². The van der Waals surface area contributed by atoms with Gasteiger partial charge in [-0.2, -0.15) is 0 Å². The summed E-state index contributed by atoms with van der Waals surface area (Å²) in [5.74, 6) is 0.371. The number of ether oxygens (including phenoxy) is 1. The normalized spacial score (nSPS) is 14.7. The summed E-state index contributed by atoms with van der Waals surface area (Å²) in [5, 5.41) is 2.73. The largest absolute Gasteiger partial charge is 0.490 e. The zero-order valence-electron chi connectivity index (χ0n) is 15.3. The zero-order chi connectivity index (χ0) is 19.3. The number of carbonyl (C=O) groups excluding carboxylic acids is 1. The van der Waals surface area contributed by atoms with Gasteiger partial charge in [0.2, 0.25) is 15.9 Å². The fourth-order valence-electron chi connectivity index (χ4n) is 3.14. The van der Waals surface area contributed by atoms with Gasteiger partial charge in [0.05, 0.1) is 18.0 Å². The molecule has 0 unspecified atom stereocenters. The number of nitrogens with one attached hydrogen (secondary N) is 1. The van der Waals surface area contributed by atoms with Crippen LogP contribution in [0.4, 0.5) is 11.4 Å². The van der Waals surface area contributed by atoms with Gasteiger partial charge in [-0.15, -0.1) is 0 Å². The summed E-state index contributed by atoms with van der Waals surface area (Å²) in [6, 6.07) is 15.7. The van der Waals surface area contributed by atoms with Gasteiger partial charge in [-0.3, -0.25) is 9.10 Å². The molecule has 0 heterocycles. The third kappa shape index (κ3) is 5.47. The number of carbonyl (C=O) groups is 1. The summed E-state index contributed by atoms with van der Waals surface area (Å²) >= 11 is 0. The van der Waals surface area contributed by atoms with Crippen LogP contribution in [0.1, 0.15) is 25.7 Å². The first-order valence-corrected chi connectivity index (χ1v) is 10.9. The number of anilines is 2. The Hall–Kier alpha value is -2.54. The first-order valence-electron chi connectivity index (χ1n) is 9.01. The van der Waals surface area contributed by atoms with E-state index in [9.17, 15) is 13.2 Å². The Kier molecular flexibility index (Phi) is 6.01. The summed E-state index contributed by atoms with van der Waals surface area (Å²) in [5.41, 5.74) is 1.05. The van der Waals surface area contributed by atoms with Crippen molar-refractivity contribution in [2.75, 3.05) is 22.4 Å². The molecule has 1 N–H and O–H groups in total. The molecule has 6 nitrogen and oxygen atoms in total. The molecule has 144 valence electrons. The van der Waals surface area contributed by atoms with Crippen molar-refractivity contribution in [1.29, 1.82) is 0 Å². The molecule has 3 rings (SSSR count). The Labute approximate surface area is 160 Å². The van der Waals surface area contributed by atoms with Crippen LogP contribution in [0.15, 0.2) is 54.6 Å². The van der Waals surface area contributed by atoms with E-state index in [2.05, 4.69) is 5.32 Å². The molecule has 0 aromatic heterocycles. The van der Waals surface area contributed by atoms with Crippen LogP contribution < -0.4 is 14.4 Å². The minimum Gasteiger partial charge on any atom is -0.490 e. The maximum Gasteiger partial charge on any atom is 0.245 e. The van der Waals surface area contributed by atoms with Crippen LogP contribution in [0.25, 0.3) is 0 Å². The number of nitrogens with zero attached hydrogens (tertiary/aromatic N) is 1. The molecule has 0 aliphatic heterocycles. The second kappa shape index (κ2) is 8.43. The van der Waals surface area contributed by atoms with Gasteiger partial charge in [0.25, 0.3) is 0 Å². The SMILES string of the molecule is CS(=O)(=O)N(CC(=O)Nc1ccc(OC2CCCC2)cc1)c1ccccc1. The highest BCUT2D eigenvalue weighted by molar-refractivity contribution is 7.92. The smallest absolute Gasteiger partial charge is 0.245 e. The lowest BCUT2D eigenvalue weighted by atomic mass is 10.2. The van der Waals surface area contributed by atoms with Crippen molar-refractivity contribution in [1.82, 2.24) is 0 Å². The summed E-state index contributed by atoms with van der Waals surface area (Å²) in [6.45, 7) is -0.289. The topological polar surface area (TPSA) is 75.7 Å². The van der Waals surface area contributed by atoms with Crippen LogP contribution in [-0.4, -0.2) is 33.2 Å². The molecule has 0 radical (unpaired) electrons. The molecule has 1 aliphatic carbocycles. The van der Waals surface area contributed by atoms with Crippen molar-refractivity contribution in [2.24, 2.45) is 0 Å². The predicted molar refractivity (Wildman–Crippen MR) is 107 cm³/mol. The number of sulfonamides is 1. The Balaban J connectivity index is 1.62. The molecule has 1 aliphatic rings. The van der Waals surface area contributed by atoms with Crippen molar-refractivity contribution < 1.29 is 17.9 Å². The molecule has 1 amide bonds. The van der Waals surface area contributed by atoms with Crippen molar-refractivity contribution in [2.45, 2.75) is 31.8 Å². The fraction of sp³-hybridized carbons (Fsp3) is 0.350. The molecule has 0 atom stereocenters. The Morgan fingerprint density at radius 3 is 2.30 bits per heavy atom. The van der Waals surface area contributed by atoms with E-state index in [1.807, 2.05) is 12.1 Å². The molecule has 0 spiro atoms. The van der Waals surface area contributed by atoms with Crippen molar-refractivity contribution in [3.63, 3.8) is 0 Å². The van der Waals surface area contributed by atoms with Gasteiger partial charge in [-0.25, -0.2) is 8.42 Å². The molecular formula is C20H24N2O4S. The molecule has 1 fully saturated rings. The Morgan fingerprint density at radius 2 is 1.70 bits per heavy atom. The van der Waals surface area contributed by atoms with Crippen molar-refractivity contribution in [3.05, 3.63) is 54.6 Å². The number of rotatable bonds is 7. The molecule has 1 saturated carbocycles. The summed E-state index contributed by atoms with van der Waals surface area (Å²) in [4.78, 5) is 12.4. The van der Waals surface area contributed by atoms with E-state index >= 15 is 0 Å². The van der Waals surface area contributed by atoms with Gasteiger partial charge in [0.15, 0.2) is 0 Å². The van der Waals surface area contributed by atoms with Gasteiger partial charge in [0.1, 0.15) is 12.3 Å². The average Bonchev–Trinajstić information content (AvgIpc) is 3.14. The predicted octanol–water partition coefficient (Wildman–Crippen LogP) is 3.41. The van der Waals surface area contributed by atoms with Crippen LogP contribution in [0.2, 0.25) is 0 Å². The average molecular weight is 388 g/mol. The second-order valence-corrected chi connectivity index (χ2v) is 8.61. The third-order valence-corrected chi connectivity index (χ3v) is 5.62. The van der Waals surface area contributed by atoms with Crippen LogP contribution in [0.3, 0.4) is 0 Å². The van der Waals surface area contributed by atoms with E-state index < -0.39 is 15.9 Å². The van der Waals surface area contributed by atoms with Gasteiger partial charge in [-0.05, 0) is 62.1 Å². The van der Waals surface area contributed by atoms with E-state index in [0.29, 0.717) is 11.4 Å². The molecule has 2 aromatic carbocycles. The number of para-hydroxylation sites is 1. The molecule has 0 bridgehead atoms. The van der Waals surface area contributed by atoms with E-state index in [-0.39, 0.29) is 12.6 Å². The fourth-order valence-corrected chi connectivity index (χ4v) is 4.00. The van der Waals surface area contributed by atoms with Crippen LogP contribution >= 0.6 is 0 Å². The lowest BCUT2D eigenvalue weighted by Crippen LogP contribution is -2.37.